The van der Waals surface area contributed by atoms with E-state index in [1.54, 1.807) is 13.2 Å². The number of aryl methyl sites for hydroxylation is 3. The number of ether oxygens (including phenoxy) is 1. The van der Waals surface area contributed by atoms with E-state index in [9.17, 15) is 4.79 Å². The highest BCUT2D eigenvalue weighted by Gasteiger charge is 2.17. The van der Waals surface area contributed by atoms with Crippen molar-refractivity contribution in [2.24, 2.45) is 0 Å². The summed E-state index contributed by atoms with van der Waals surface area (Å²) in [5, 5.41) is 0.519. The summed E-state index contributed by atoms with van der Waals surface area (Å²) in [5.41, 5.74) is 3.93. The fraction of sp³-hybridized carbons (Fsp3) is 0.235. The molecule has 20 heavy (non-hydrogen) atoms. The van der Waals surface area contributed by atoms with Crippen LogP contribution < -0.4 is 4.74 Å². The molecule has 0 radical (unpaired) electrons. The third kappa shape index (κ3) is 2.56. The predicted octanol–water partition coefficient (Wildman–Crippen LogP) is 4.50. The number of carbonyl (C=O) groups excluding carboxylic acids is 1. The van der Waals surface area contributed by atoms with Crippen molar-refractivity contribution in [1.29, 1.82) is 0 Å². The largest absolute Gasteiger partial charge is 0.496 e. The lowest BCUT2D eigenvalue weighted by Crippen LogP contribution is -2.06. The Hall–Kier alpha value is -1.80. The Morgan fingerprint density at radius 1 is 1.00 bits per heavy atom. The number of ketones is 1. The van der Waals surface area contributed by atoms with E-state index >= 15 is 0 Å². The first-order valence-electron chi connectivity index (χ1n) is 6.40. The average Bonchev–Trinajstić information content (AvgIpc) is 2.43. The second-order valence-corrected chi connectivity index (χ2v) is 5.28. The Morgan fingerprint density at radius 3 is 2.35 bits per heavy atom. The van der Waals surface area contributed by atoms with Gasteiger partial charge < -0.3 is 4.74 Å². The summed E-state index contributed by atoms with van der Waals surface area (Å²) in [7, 11) is 1.63. The van der Waals surface area contributed by atoms with Crippen molar-refractivity contribution in [3.8, 4) is 5.75 Å². The molecule has 2 nitrogen and oxygen atoms in total. The SMILES string of the molecule is COc1cc(C)c(C(=O)c2cccc(C)c2Cl)cc1C. The van der Waals surface area contributed by atoms with Gasteiger partial charge in [-0.25, -0.2) is 0 Å². The minimum absolute atomic E-state index is 0.0537. The molecule has 2 aromatic rings. The first-order valence-corrected chi connectivity index (χ1v) is 6.78. The van der Waals surface area contributed by atoms with Crippen molar-refractivity contribution in [3.05, 3.63) is 63.2 Å². The van der Waals surface area contributed by atoms with E-state index in [1.165, 1.54) is 0 Å². The highest BCUT2D eigenvalue weighted by molar-refractivity contribution is 6.35. The molecule has 0 aliphatic rings. The maximum absolute atomic E-state index is 12.7. The molecule has 0 bridgehead atoms. The smallest absolute Gasteiger partial charge is 0.194 e. The summed E-state index contributed by atoms with van der Waals surface area (Å²) >= 11 is 6.24. The van der Waals surface area contributed by atoms with Gasteiger partial charge in [-0.2, -0.15) is 0 Å². The number of methoxy groups -OCH3 is 1. The van der Waals surface area contributed by atoms with E-state index < -0.39 is 0 Å². The predicted molar refractivity (Wildman–Crippen MR) is 82.1 cm³/mol. The topological polar surface area (TPSA) is 26.3 Å². The summed E-state index contributed by atoms with van der Waals surface area (Å²) in [6.45, 7) is 5.72. The van der Waals surface area contributed by atoms with Gasteiger partial charge in [-0.3, -0.25) is 4.79 Å². The van der Waals surface area contributed by atoms with E-state index in [1.807, 2.05) is 45.0 Å². The fourth-order valence-corrected chi connectivity index (χ4v) is 2.43. The lowest BCUT2D eigenvalue weighted by Gasteiger charge is -2.12. The molecule has 0 saturated heterocycles. The number of halogens is 1. The Balaban J connectivity index is 2.54. The molecule has 0 aliphatic heterocycles. The lowest BCUT2D eigenvalue weighted by atomic mass is 9.96. The minimum Gasteiger partial charge on any atom is -0.496 e. The third-order valence-corrected chi connectivity index (χ3v) is 3.92. The molecule has 0 amide bonds. The Labute approximate surface area is 124 Å². The third-order valence-electron chi connectivity index (χ3n) is 3.42. The van der Waals surface area contributed by atoms with E-state index in [-0.39, 0.29) is 5.78 Å². The molecule has 3 heteroatoms. The van der Waals surface area contributed by atoms with Crippen molar-refractivity contribution >= 4 is 17.4 Å². The minimum atomic E-state index is -0.0537. The quantitative estimate of drug-likeness (QED) is 0.777. The molecular formula is C17H17ClO2. The molecule has 0 aromatic heterocycles. The van der Waals surface area contributed by atoms with Crippen molar-refractivity contribution in [1.82, 2.24) is 0 Å². The van der Waals surface area contributed by atoms with Crippen LogP contribution in [-0.2, 0) is 0 Å². The molecule has 0 unspecified atom stereocenters. The normalized spacial score (nSPS) is 10.4. The van der Waals surface area contributed by atoms with Gasteiger partial charge in [0, 0.05) is 11.1 Å². The Morgan fingerprint density at radius 2 is 1.70 bits per heavy atom. The molecule has 104 valence electrons. The highest BCUT2D eigenvalue weighted by Crippen LogP contribution is 2.27. The maximum Gasteiger partial charge on any atom is 0.194 e. The van der Waals surface area contributed by atoms with E-state index in [0.29, 0.717) is 16.1 Å². The molecular weight excluding hydrogens is 272 g/mol. The zero-order valence-electron chi connectivity index (χ0n) is 12.1. The zero-order chi connectivity index (χ0) is 14.9. The number of hydrogen-bond acceptors (Lipinski definition) is 2. The fourth-order valence-electron chi connectivity index (χ4n) is 2.22. The van der Waals surface area contributed by atoms with Gasteiger partial charge in [-0.05, 0) is 55.7 Å². The van der Waals surface area contributed by atoms with Gasteiger partial charge in [-0.15, -0.1) is 0 Å². The van der Waals surface area contributed by atoms with Crippen LogP contribution >= 0.6 is 11.6 Å². The van der Waals surface area contributed by atoms with E-state index in [2.05, 4.69) is 0 Å². The van der Waals surface area contributed by atoms with E-state index in [4.69, 9.17) is 16.3 Å². The molecule has 0 saturated carbocycles. The number of benzene rings is 2. The van der Waals surface area contributed by atoms with Crippen LogP contribution in [0.2, 0.25) is 5.02 Å². The van der Waals surface area contributed by atoms with Crippen LogP contribution in [0, 0.1) is 20.8 Å². The van der Waals surface area contributed by atoms with Crippen LogP contribution in [-0.4, -0.2) is 12.9 Å². The molecule has 0 heterocycles. The van der Waals surface area contributed by atoms with Crippen molar-refractivity contribution < 1.29 is 9.53 Å². The monoisotopic (exact) mass is 288 g/mol. The van der Waals surface area contributed by atoms with Gasteiger partial charge >= 0.3 is 0 Å². The van der Waals surface area contributed by atoms with Gasteiger partial charge in [0.1, 0.15) is 5.75 Å². The van der Waals surface area contributed by atoms with Crippen molar-refractivity contribution in [2.75, 3.05) is 7.11 Å². The number of rotatable bonds is 3. The first-order chi connectivity index (χ1) is 9.45. The van der Waals surface area contributed by atoms with Gasteiger partial charge in [-0.1, -0.05) is 23.7 Å². The van der Waals surface area contributed by atoms with Crippen molar-refractivity contribution in [3.63, 3.8) is 0 Å². The molecule has 0 aliphatic carbocycles. The van der Waals surface area contributed by atoms with Crippen LogP contribution in [0.1, 0.15) is 32.6 Å². The molecule has 0 N–H and O–H groups in total. The zero-order valence-corrected chi connectivity index (χ0v) is 12.8. The average molecular weight is 289 g/mol. The highest BCUT2D eigenvalue weighted by atomic mass is 35.5. The summed E-state index contributed by atoms with van der Waals surface area (Å²) in [4.78, 5) is 12.7. The van der Waals surface area contributed by atoms with Crippen LogP contribution in [0.5, 0.6) is 5.75 Å². The Bertz CT molecular complexity index is 675. The first kappa shape index (κ1) is 14.6. The molecule has 2 rings (SSSR count). The van der Waals surface area contributed by atoms with Crippen LogP contribution in [0.4, 0.5) is 0 Å². The molecule has 0 atom stereocenters. The van der Waals surface area contributed by atoms with Gasteiger partial charge in [0.25, 0.3) is 0 Å². The summed E-state index contributed by atoms with van der Waals surface area (Å²) in [5.74, 6) is 0.733. The summed E-state index contributed by atoms with van der Waals surface area (Å²) in [6.07, 6.45) is 0. The van der Waals surface area contributed by atoms with Crippen molar-refractivity contribution in [2.45, 2.75) is 20.8 Å². The van der Waals surface area contributed by atoms with Crippen LogP contribution in [0.3, 0.4) is 0 Å². The standard InChI is InChI=1S/C17H17ClO2/c1-10-6-5-7-13(16(10)18)17(19)14-8-12(3)15(20-4)9-11(14)2/h5-9H,1-4H3. The van der Waals surface area contributed by atoms with Crippen LogP contribution in [0.25, 0.3) is 0 Å². The van der Waals surface area contributed by atoms with Gasteiger partial charge in [0.2, 0.25) is 0 Å². The second kappa shape index (κ2) is 5.68. The summed E-state index contributed by atoms with van der Waals surface area (Å²) < 4.78 is 5.27. The van der Waals surface area contributed by atoms with Gasteiger partial charge in [0.15, 0.2) is 5.78 Å². The second-order valence-electron chi connectivity index (χ2n) is 4.90. The Kier molecular flexibility index (Phi) is 4.15. The molecule has 0 spiro atoms. The summed E-state index contributed by atoms with van der Waals surface area (Å²) in [6, 6.07) is 9.24. The maximum atomic E-state index is 12.7. The molecule has 2 aromatic carbocycles. The van der Waals surface area contributed by atoms with Crippen LogP contribution in [0.15, 0.2) is 30.3 Å². The molecule has 0 fully saturated rings. The lowest BCUT2D eigenvalue weighted by molar-refractivity contribution is 0.103. The number of hydrogen-bond donors (Lipinski definition) is 0. The van der Waals surface area contributed by atoms with E-state index in [0.717, 1.165) is 22.4 Å². The number of carbonyl (C=O) groups is 1. The van der Waals surface area contributed by atoms with Gasteiger partial charge in [0.05, 0.1) is 12.1 Å².